The minimum absolute atomic E-state index is 0.124. The van der Waals surface area contributed by atoms with Crippen molar-refractivity contribution in [2.75, 3.05) is 5.32 Å². The maximum atomic E-state index is 13.2. The van der Waals surface area contributed by atoms with Gasteiger partial charge in [0.1, 0.15) is 28.6 Å². The number of halogens is 3. The molecule has 0 saturated carbocycles. The van der Waals surface area contributed by atoms with Crippen LogP contribution in [0.1, 0.15) is 5.56 Å². The fourth-order valence-corrected chi connectivity index (χ4v) is 3.62. The molecule has 1 amide bonds. The third-order valence-corrected chi connectivity index (χ3v) is 5.47. The summed E-state index contributed by atoms with van der Waals surface area (Å²) in [6.45, 7) is 0. The van der Waals surface area contributed by atoms with E-state index in [1.165, 1.54) is 22.7 Å². The Morgan fingerprint density at radius 3 is 2.56 bits per heavy atom. The summed E-state index contributed by atoms with van der Waals surface area (Å²) in [7, 11) is 0. The van der Waals surface area contributed by atoms with E-state index in [-0.39, 0.29) is 27.8 Å². The van der Waals surface area contributed by atoms with Gasteiger partial charge in [-0.1, -0.05) is 53.0 Å². The molecule has 0 bridgehead atoms. The Balaban J connectivity index is 1.83. The number of hydrogen-bond donors (Lipinski definition) is 1. The van der Waals surface area contributed by atoms with Gasteiger partial charge >= 0.3 is 0 Å². The molecule has 4 aromatic rings. The standard InChI is InChI=1S/C24H13Cl3N4O3/c25-15-8-9-20(18(27)12-15)34-23-16(24(33)31-10-4-3-7-21(31)30-23)11-14(13-28)22(32)29-19-6-2-1-5-17(19)26/h1-12H,(H,29,32)/b14-11-. The first-order valence-corrected chi connectivity index (χ1v) is 10.8. The highest BCUT2D eigenvalue weighted by Crippen LogP contribution is 2.32. The lowest BCUT2D eigenvalue weighted by Crippen LogP contribution is -2.20. The highest BCUT2D eigenvalue weighted by atomic mass is 35.5. The Kier molecular flexibility index (Phi) is 6.85. The number of nitrogens with one attached hydrogen (secondary N) is 1. The van der Waals surface area contributed by atoms with E-state index in [1.807, 2.05) is 0 Å². The number of amides is 1. The van der Waals surface area contributed by atoms with Crippen LogP contribution in [0.15, 0.2) is 77.2 Å². The number of para-hydroxylation sites is 1. The summed E-state index contributed by atoms with van der Waals surface area (Å²) in [6.07, 6.45) is 2.62. The monoisotopic (exact) mass is 510 g/mol. The molecule has 10 heteroatoms. The molecule has 34 heavy (non-hydrogen) atoms. The van der Waals surface area contributed by atoms with Crippen LogP contribution in [-0.4, -0.2) is 15.3 Å². The number of ether oxygens (including phenoxy) is 1. The van der Waals surface area contributed by atoms with Crippen molar-refractivity contribution in [2.45, 2.75) is 0 Å². The number of aromatic nitrogens is 2. The Morgan fingerprint density at radius 1 is 1.06 bits per heavy atom. The minimum atomic E-state index is -0.761. The molecule has 4 rings (SSSR count). The SMILES string of the molecule is N#C/C(=C/c1c(Oc2ccc(Cl)cc2Cl)nc2ccccn2c1=O)C(=O)Nc1ccccc1Cl. The van der Waals surface area contributed by atoms with E-state index in [0.717, 1.165) is 6.08 Å². The second kappa shape index (κ2) is 9.98. The molecule has 0 aliphatic rings. The van der Waals surface area contributed by atoms with Gasteiger partial charge in [0.15, 0.2) is 0 Å². The van der Waals surface area contributed by atoms with E-state index in [2.05, 4.69) is 10.3 Å². The molecule has 2 heterocycles. The Bertz CT molecular complexity index is 1560. The van der Waals surface area contributed by atoms with Crippen LogP contribution in [0, 0.1) is 11.3 Å². The van der Waals surface area contributed by atoms with Crippen molar-refractivity contribution in [3.05, 3.63) is 103 Å². The van der Waals surface area contributed by atoms with Crippen LogP contribution in [0.2, 0.25) is 15.1 Å². The molecule has 0 aliphatic carbocycles. The van der Waals surface area contributed by atoms with Gasteiger partial charge in [0.2, 0.25) is 5.88 Å². The summed E-state index contributed by atoms with van der Waals surface area (Å²) >= 11 is 18.2. The molecule has 0 saturated heterocycles. The Morgan fingerprint density at radius 2 is 1.82 bits per heavy atom. The number of pyridine rings is 1. The van der Waals surface area contributed by atoms with Crippen molar-refractivity contribution in [3.8, 4) is 17.7 Å². The van der Waals surface area contributed by atoms with E-state index in [4.69, 9.17) is 39.5 Å². The third kappa shape index (κ3) is 4.90. The van der Waals surface area contributed by atoms with Crippen molar-refractivity contribution >= 4 is 58.1 Å². The van der Waals surface area contributed by atoms with Crippen LogP contribution < -0.4 is 15.6 Å². The van der Waals surface area contributed by atoms with Crippen LogP contribution in [0.25, 0.3) is 11.7 Å². The fraction of sp³-hybridized carbons (Fsp3) is 0. The maximum absolute atomic E-state index is 13.2. The van der Waals surface area contributed by atoms with E-state index in [0.29, 0.717) is 21.4 Å². The Hall–Kier alpha value is -3.83. The van der Waals surface area contributed by atoms with Crippen LogP contribution in [-0.2, 0) is 4.79 Å². The van der Waals surface area contributed by atoms with Crippen molar-refractivity contribution in [3.63, 3.8) is 0 Å². The molecule has 7 nitrogen and oxygen atoms in total. The van der Waals surface area contributed by atoms with E-state index in [1.54, 1.807) is 54.6 Å². The van der Waals surface area contributed by atoms with Crippen LogP contribution >= 0.6 is 34.8 Å². The first kappa shape index (κ1) is 23.3. The predicted molar refractivity (Wildman–Crippen MR) is 132 cm³/mol. The van der Waals surface area contributed by atoms with Gasteiger partial charge in [0.25, 0.3) is 11.5 Å². The second-order valence-electron chi connectivity index (χ2n) is 6.85. The summed E-state index contributed by atoms with van der Waals surface area (Å²) in [5.41, 5.74) is -0.428. The zero-order valence-corrected chi connectivity index (χ0v) is 19.4. The van der Waals surface area contributed by atoms with Crippen molar-refractivity contribution in [1.82, 2.24) is 9.38 Å². The first-order valence-electron chi connectivity index (χ1n) is 9.69. The third-order valence-electron chi connectivity index (χ3n) is 4.61. The lowest BCUT2D eigenvalue weighted by Gasteiger charge is -2.11. The largest absolute Gasteiger partial charge is 0.437 e. The topological polar surface area (TPSA) is 96.5 Å². The van der Waals surface area contributed by atoms with Gasteiger partial charge in [-0.25, -0.2) is 0 Å². The minimum Gasteiger partial charge on any atom is -0.437 e. The summed E-state index contributed by atoms with van der Waals surface area (Å²) < 4.78 is 7.09. The lowest BCUT2D eigenvalue weighted by molar-refractivity contribution is -0.112. The van der Waals surface area contributed by atoms with E-state index in [9.17, 15) is 14.9 Å². The van der Waals surface area contributed by atoms with Gasteiger partial charge in [-0.05, 0) is 48.5 Å². The number of nitrogens with zero attached hydrogens (tertiary/aromatic N) is 3. The highest BCUT2D eigenvalue weighted by molar-refractivity contribution is 6.35. The van der Waals surface area contributed by atoms with Gasteiger partial charge in [0, 0.05) is 11.2 Å². The molecule has 0 atom stereocenters. The number of rotatable bonds is 5. The summed E-state index contributed by atoms with van der Waals surface area (Å²) in [6, 6.07) is 17.9. The molecule has 1 N–H and O–H groups in total. The van der Waals surface area contributed by atoms with Gasteiger partial charge in [-0.15, -0.1) is 0 Å². The van der Waals surface area contributed by atoms with E-state index >= 15 is 0 Å². The number of fused-ring (bicyclic) bond motifs is 1. The van der Waals surface area contributed by atoms with Gasteiger partial charge in [-0.2, -0.15) is 10.2 Å². The van der Waals surface area contributed by atoms with Crippen LogP contribution in [0.5, 0.6) is 11.6 Å². The quantitative estimate of drug-likeness (QED) is 0.262. The molecule has 2 aromatic carbocycles. The average molecular weight is 512 g/mol. The molecule has 0 radical (unpaired) electrons. The number of carbonyl (C=O) groups excluding carboxylic acids is 1. The smallest absolute Gasteiger partial charge is 0.269 e. The van der Waals surface area contributed by atoms with Crippen molar-refractivity contribution < 1.29 is 9.53 Å². The molecule has 0 spiro atoms. The zero-order chi connectivity index (χ0) is 24.2. The zero-order valence-electron chi connectivity index (χ0n) is 17.1. The normalized spacial score (nSPS) is 11.2. The molecule has 0 fully saturated rings. The molecule has 0 aliphatic heterocycles. The number of hydrogen-bond acceptors (Lipinski definition) is 5. The van der Waals surface area contributed by atoms with Gasteiger partial charge in [-0.3, -0.25) is 14.0 Å². The Labute approximate surface area is 208 Å². The maximum Gasteiger partial charge on any atom is 0.269 e. The molecule has 2 aromatic heterocycles. The molecule has 168 valence electrons. The molecular weight excluding hydrogens is 499 g/mol. The molecular formula is C24H13Cl3N4O3. The van der Waals surface area contributed by atoms with Gasteiger partial charge in [0.05, 0.1) is 15.7 Å². The van der Waals surface area contributed by atoms with E-state index < -0.39 is 11.5 Å². The fourth-order valence-electron chi connectivity index (χ4n) is 2.99. The van der Waals surface area contributed by atoms with Crippen LogP contribution in [0.3, 0.4) is 0 Å². The summed E-state index contributed by atoms with van der Waals surface area (Å²) in [4.78, 5) is 30.4. The summed E-state index contributed by atoms with van der Waals surface area (Å²) in [5, 5.41) is 13.1. The predicted octanol–water partition coefficient (Wildman–Crippen LogP) is 5.99. The lowest BCUT2D eigenvalue weighted by atomic mass is 10.1. The first-order chi connectivity index (χ1) is 16.4. The van der Waals surface area contributed by atoms with Crippen LogP contribution in [0.4, 0.5) is 5.69 Å². The highest BCUT2D eigenvalue weighted by Gasteiger charge is 2.19. The summed E-state index contributed by atoms with van der Waals surface area (Å²) in [5.74, 6) is -0.714. The van der Waals surface area contributed by atoms with Crippen molar-refractivity contribution in [1.29, 1.82) is 5.26 Å². The molecule has 0 unspecified atom stereocenters. The average Bonchev–Trinajstić information content (AvgIpc) is 2.82. The number of benzene rings is 2. The van der Waals surface area contributed by atoms with Gasteiger partial charge < -0.3 is 10.1 Å². The van der Waals surface area contributed by atoms with Crippen molar-refractivity contribution in [2.24, 2.45) is 0 Å². The second-order valence-corrected chi connectivity index (χ2v) is 8.10. The number of anilines is 1. The number of nitriles is 1. The number of carbonyl (C=O) groups is 1.